The number of amides is 2. The van der Waals surface area contributed by atoms with Gasteiger partial charge >= 0.3 is 0 Å². The summed E-state index contributed by atoms with van der Waals surface area (Å²) < 4.78 is 0. The Hall–Kier alpha value is -3.86. The number of benzene rings is 3. The van der Waals surface area contributed by atoms with Crippen LogP contribution in [0.5, 0.6) is 0 Å². The van der Waals surface area contributed by atoms with Crippen LogP contribution in [0.4, 0.5) is 17.1 Å². The van der Waals surface area contributed by atoms with Crippen LogP contribution >= 0.6 is 0 Å². The Balaban J connectivity index is 1.47. The molecule has 0 atom stereocenters. The first-order valence-corrected chi connectivity index (χ1v) is 11.9. The van der Waals surface area contributed by atoms with Crippen LogP contribution in [0, 0.1) is 12.8 Å². The maximum absolute atomic E-state index is 13.6. The van der Waals surface area contributed by atoms with Crippen molar-refractivity contribution in [3.63, 3.8) is 0 Å². The Morgan fingerprint density at radius 3 is 2.12 bits per heavy atom. The lowest BCUT2D eigenvalue weighted by Gasteiger charge is -2.32. The van der Waals surface area contributed by atoms with Crippen molar-refractivity contribution >= 4 is 34.4 Å². The number of para-hydroxylation sites is 1. The highest BCUT2D eigenvalue weighted by Gasteiger charge is 2.40. The second kappa shape index (κ2) is 9.18. The molecule has 0 radical (unpaired) electrons. The molecular formula is C29H29N3O2. The van der Waals surface area contributed by atoms with E-state index in [9.17, 15) is 9.59 Å². The van der Waals surface area contributed by atoms with Gasteiger partial charge in [-0.05, 0) is 67.1 Å². The van der Waals surface area contributed by atoms with E-state index in [-0.39, 0.29) is 11.8 Å². The number of rotatable bonds is 5. The summed E-state index contributed by atoms with van der Waals surface area (Å²) in [6.45, 7) is 6.34. The van der Waals surface area contributed by atoms with Gasteiger partial charge in [0, 0.05) is 24.5 Å². The van der Waals surface area contributed by atoms with E-state index in [1.807, 2.05) is 73.7 Å². The van der Waals surface area contributed by atoms with Gasteiger partial charge in [-0.1, -0.05) is 55.5 Å². The molecule has 0 saturated carbocycles. The predicted octanol–water partition coefficient (Wildman–Crippen LogP) is 5.63. The van der Waals surface area contributed by atoms with Crippen LogP contribution in [0.1, 0.15) is 30.9 Å². The van der Waals surface area contributed by atoms with E-state index in [1.54, 1.807) is 0 Å². The molecule has 0 spiro atoms. The van der Waals surface area contributed by atoms with Gasteiger partial charge in [0.15, 0.2) is 0 Å². The molecule has 3 aromatic rings. The second-order valence-electron chi connectivity index (χ2n) is 9.19. The number of carbonyl (C=O) groups is 2. The van der Waals surface area contributed by atoms with Crippen molar-refractivity contribution in [3.05, 3.63) is 95.7 Å². The van der Waals surface area contributed by atoms with Crippen molar-refractivity contribution in [2.24, 2.45) is 5.92 Å². The Labute approximate surface area is 200 Å². The first-order chi connectivity index (χ1) is 16.5. The highest BCUT2D eigenvalue weighted by atomic mass is 16.2. The number of anilines is 3. The molecule has 2 aliphatic heterocycles. The maximum Gasteiger partial charge on any atom is 0.282 e. The third-order valence-electron chi connectivity index (χ3n) is 6.79. The fourth-order valence-electron chi connectivity index (χ4n) is 4.72. The molecule has 1 saturated heterocycles. The molecule has 2 aliphatic rings. The minimum absolute atomic E-state index is 0.305. The van der Waals surface area contributed by atoms with E-state index in [0.717, 1.165) is 35.8 Å². The summed E-state index contributed by atoms with van der Waals surface area (Å²) in [5.41, 5.74) is 4.87. The van der Waals surface area contributed by atoms with Crippen LogP contribution < -0.4 is 15.1 Å². The second-order valence-corrected chi connectivity index (χ2v) is 9.19. The maximum atomic E-state index is 13.6. The number of carbonyl (C=O) groups excluding carboxylic acids is 2. The van der Waals surface area contributed by atoms with E-state index in [0.29, 0.717) is 17.0 Å². The first-order valence-electron chi connectivity index (χ1n) is 11.9. The zero-order chi connectivity index (χ0) is 23.7. The Morgan fingerprint density at radius 1 is 0.794 bits per heavy atom. The number of aryl methyl sites for hydroxylation is 1. The van der Waals surface area contributed by atoms with Crippen molar-refractivity contribution in [3.8, 4) is 0 Å². The number of hydrogen-bond acceptors (Lipinski definition) is 4. The summed E-state index contributed by atoms with van der Waals surface area (Å²) in [7, 11) is 0. The normalized spacial score (nSPS) is 17.0. The summed E-state index contributed by atoms with van der Waals surface area (Å²) in [5.74, 6) is 0.127. The van der Waals surface area contributed by atoms with Gasteiger partial charge in [-0.25, -0.2) is 4.90 Å². The lowest BCUT2D eigenvalue weighted by molar-refractivity contribution is -0.120. The number of nitrogens with zero attached hydrogens (tertiary/aromatic N) is 2. The van der Waals surface area contributed by atoms with Gasteiger partial charge < -0.3 is 10.2 Å². The molecule has 1 fully saturated rings. The topological polar surface area (TPSA) is 52.7 Å². The Bertz CT molecular complexity index is 1240. The summed E-state index contributed by atoms with van der Waals surface area (Å²) in [5, 5.41) is 3.28. The number of hydrogen-bond donors (Lipinski definition) is 1. The van der Waals surface area contributed by atoms with Crippen molar-refractivity contribution in [1.29, 1.82) is 0 Å². The smallest absolute Gasteiger partial charge is 0.282 e. The minimum atomic E-state index is -0.341. The van der Waals surface area contributed by atoms with E-state index in [2.05, 4.69) is 29.3 Å². The van der Waals surface area contributed by atoms with Crippen LogP contribution in [0.15, 0.2) is 84.6 Å². The molecule has 0 bridgehead atoms. The third-order valence-corrected chi connectivity index (χ3v) is 6.79. The molecular weight excluding hydrogens is 422 g/mol. The van der Waals surface area contributed by atoms with Crippen LogP contribution in [-0.4, -0.2) is 24.9 Å². The average molecular weight is 452 g/mol. The van der Waals surface area contributed by atoms with Crippen LogP contribution in [0.2, 0.25) is 0 Å². The number of nitrogens with one attached hydrogen (secondary N) is 1. The van der Waals surface area contributed by atoms with Gasteiger partial charge in [-0.2, -0.15) is 0 Å². The number of imide groups is 1. The van der Waals surface area contributed by atoms with Crippen molar-refractivity contribution in [1.82, 2.24) is 0 Å². The van der Waals surface area contributed by atoms with E-state index < -0.39 is 0 Å². The molecule has 5 rings (SSSR count). The molecule has 2 amide bonds. The molecule has 2 heterocycles. The zero-order valence-electron chi connectivity index (χ0n) is 19.6. The van der Waals surface area contributed by atoms with Gasteiger partial charge in [0.05, 0.1) is 11.3 Å². The molecule has 0 unspecified atom stereocenters. The quantitative estimate of drug-likeness (QED) is 0.511. The Morgan fingerprint density at radius 2 is 1.44 bits per heavy atom. The SMILES string of the molecule is Cc1ccccc1N1C(=O)C(Nc2ccc(N3CCC(C)CC3)cc2)=C(c2ccccc2)C1=O. The zero-order valence-corrected chi connectivity index (χ0v) is 19.6. The lowest BCUT2D eigenvalue weighted by Crippen LogP contribution is -2.33. The van der Waals surface area contributed by atoms with Crippen molar-refractivity contribution < 1.29 is 9.59 Å². The third kappa shape index (κ3) is 4.10. The van der Waals surface area contributed by atoms with Gasteiger partial charge in [0.1, 0.15) is 5.70 Å². The molecule has 5 heteroatoms. The van der Waals surface area contributed by atoms with Crippen molar-refractivity contribution in [2.45, 2.75) is 26.7 Å². The number of piperidine rings is 1. The summed E-state index contributed by atoms with van der Waals surface area (Å²) in [6, 6.07) is 25.0. The van der Waals surface area contributed by atoms with E-state index in [4.69, 9.17) is 0 Å². The van der Waals surface area contributed by atoms with E-state index in [1.165, 1.54) is 23.4 Å². The van der Waals surface area contributed by atoms with Gasteiger partial charge in [-0.3, -0.25) is 9.59 Å². The standard InChI is InChI=1S/C29H29N3O2/c1-20-16-18-31(19-17-20)24-14-12-23(13-15-24)30-27-26(22-9-4-3-5-10-22)28(33)32(29(27)34)25-11-7-6-8-21(25)2/h3-15,20,30H,16-19H2,1-2H3. The van der Waals surface area contributed by atoms with Gasteiger partial charge in [-0.15, -0.1) is 0 Å². The first kappa shape index (κ1) is 22.0. The van der Waals surface area contributed by atoms with Gasteiger partial charge in [0.2, 0.25) is 0 Å². The molecule has 172 valence electrons. The minimum Gasteiger partial charge on any atom is -0.372 e. The van der Waals surface area contributed by atoms with Crippen molar-refractivity contribution in [2.75, 3.05) is 28.2 Å². The Kier molecular flexibility index (Phi) is 5.93. The fraction of sp³-hybridized carbons (Fsp3) is 0.241. The average Bonchev–Trinajstić information content (AvgIpc) is 3.10. The van der Waals surface area contributed by atoms with E-state index >= 15 is 0 Å². The molecule has 34 heavy (non-hydrogen) atoms. The highest BCUT2D eigenvalue weighted by molar-refractivity contribution is 6.46. The fourth-order valence-corrected chi connectivity index (χ4v) is 4.72. The molecule has 3 aromatic carbocycles. The van der Waals surface area contributed by atoms with Gasteiger partial charge in [0.25, 0.3) is 11.8 Å². The lowest BCUT2D eigenvalue weighted by atomic mass is 9.99. The predicted molar refractivity (Wildman–Crippen MR) is 138 cm³/mol. The largest absolute Gasteiger partial charge is 0.372 e. The molecule has 0 aromatic heterocycles. The molecule has 0 aliphatic carbocycles. The van der Waals surface area contributed by atoms with Crippen LogP contribution in [-0.2, 0) is 9.59 Å². The summed E-state index contributed by atoms with van der Waals surface area (Å²) in [6.07, 6.45) is 2.41. The molecule has 5 nitrogen and oxygen atoms in total. The summed E-state index contributed by atoms with van der Waals surface area (Å²) >= 11 is 0. The monoisotopic (exact) mass is 451 g/mol. The van der Waals surface area contributed by atoms with Crippen LogP contribution in [0.3, 0.4) is 0 Å². The van der Waals surface area contributed by atoms with Crippen LogP contribution in [0.25, 0.3) is 5.57 Å². The molecule has 1 N–H and O–H groups in total. The summed E-state index contributed by atoms with van der Waals surface area (Å²) in [4.78, 5) is 30.8. The highest BCUT2D eigenvalue weighted by Crippen LogP contribution is 2.35.